The third-order valence-corrected chi connectivity index (χ3v) is 5.96. The minimum atomic E-state index is -0.424. The minimum Gasteiger partial charge on any atom is -0.496 e. The smallest absolute Gasteiger partial charge is 0.166 e. The second-order valence-electron chi connectivity index (χ2n) is 8.14. The molecule has 1 aliphatic heterocycles. The van der Waals surface area contributed by atoms with Crippen LogP contribution >= 0.6 is 0 Å². The van der Waals surface area contributed by atoms with Gasteiger partial charge in [0.2, 0.25) is 0 Å². The van der Waals surface area contributed by atoms with Gasteiger partial charge in [-0.05, 0) is 67.4 Å². The summed E-state index contributed by atoms with van der Waals surface area (Å²) in [6, 6.07) is 10.9. The molecule has 0 bridgehead atoms. The quantitative estimate of drug-likeness (QED) is 0.480. The molecule has 2 aromatic carbocycles. The number of hydrogen-bond acceptors (Lipinski definition) is 5. The topological polar surface area (TPSA) is 56.1 Å². The van der Waals surface area contributed by atoms with Crippen molar-refractivity contribution in [3.63, 3.8) is 0 Å². The second kappa shape index (κ2) is 8.16. The first-order valence-electron chi connectivity index (χ1n) is 10.6. The summed E-state index contributed by atoms with van der Waals surface area (Å²) in [5, 5.41) is 4.57. The van der Waals surface area contributed by atoms with E-state index in [-0.39, 0.29) is 11.4 Å². The second-order valence-corrected chi connectivity index (χ2v) is 8.14. The lowest BCUT2D eigenvalue weighted by molar-refractivity contribution is 0.312. The lowest BCUT2D eigenvalue weighted by atomic mass is 9.95. The van der Waals surface area contributed by atoms with Gasteiger partial charge in [-0.15, -0.1) is 0 Å². The Morgan fingerprint density at radius 1 is 1.16 bits per heavy atom. The Bertz CT molecular complexity index is 1300. The van der Waals surface area contributed by atoms with Crippen molar-refractivity contribution in [2.24, 2.45) is 0 Å². The molecule has 162 valence electrons. The van der Waals surface area contributed by atoms with E-state index in [2.05, 4.69) is 46.1 Å². The molecule has 2 aromatic heterocycles. The Morgan fingerprint density at radius 3 is 2.88 bits per heavy atom. The fourth-order valence-corrected chi connectivity index (χ4v) is 4.24. The van der Waals surface area contributed by atoms with Crippen molar-refractivity contribution in [3.05, 3.63) is 77.5 Å². The Kier molecular flexibility index (Phi) is 5.19. The van der Waals surface area contributed by atoms with Crippen molar-refractivity contribution in [2.45, 2.75) is 19.9 Å². The van der Waals surface area contributed by atoms with E-state index in [9.17, 15) is 4.39 Å². The molecule has 3 heterocycles. The van der Waals surface area contributed by atoms with Crippen molar-refractivity contribution >= 4 is 0 Å². The molecule has 0 unspecified atom stereocenters. The fraction of sp³-hybridized carbons (Fsp3) is 0.240. The third kappa shape index (κ3) is 3.65. The summed E-state index contributed by atoms with van der Waals surface area (Å²) < 4.78 is 21.7. The lowest BCUT2D eigenvalue weighted by Gasteiger charge is -2.27. The van der Waals surface area contributed by atoms with Crippen molar-refractivity contribution in [1.29, 1.82) is 0 Å². The predicted octanol–water partition coefficient (Wildman–Crippen LogP) is 4.44. The molecule has 0 N–H and O–H groups in total. The summed E-state index contributed by atoms with van der Waals surface area (Å²) in [6.45, 7) is 4.20. The zero-order valence-corrected chi connectivity index (χ0v) is 18.3. The summed E-state index contributed by atoms with van der Waals surface area (Å²) in [4.78, 5) is 11.2. The normalized spacial score (nSPS) is 13.8. The van der Waals surface area contributed by atoms with Crippen molar-refractivity contribution < 1.29 is 9.13 Å². The van der Waals surface area contributed by atoms with Gasteiger partial charge in [-0.25, -0.2) is 19.0 Å². The third-order valence-electron chi connectivity index (χ3n) is 5.96. The van der Waals surface area contributed by atoms with Crippen LogP contribution in [0.15, 0.2) is 55.0 Å². The molecule has 0 amide bonds. The molecule has 1 aliphatic rings. The predicted molar refractivity (Wildman–Crippen MR) is 121 cm³/mol. The van der Waals surface area contributed by atoms with Gasteiger partial charge in [0.1, 0.15) is 11.6 Å². The average molecular weight is 429 g/mol. The van der Waals surface area contributed by atoms with E-state index in [1.165, 1.54) is 29.9 Å². The van der Waals surface area contributed by atoms with Crippen LogP contribution < -0.4 is 4.74 Å². The molecule has 4 aromatic rings. The van der Waals surface area contributed by atoms with Gasteiger partial charge in [0, 0.05) is 31.0 Å². The summed E-state index contributed by atoms with van der Waals surface area (Å²) in [6.07, 6.45) is 6.38. The molecular weight excluding hydrogens is 405 g/mol. The molecule has 0 fully saturated rings. The molecule has 0 aliphatic carbocycles. The summed E-state index contributed by atoms with van der Waals surface area (Å²) in [5.74, 6) is 0.249. The van der Waals surface area contributed by atoms with Crippen LogP contribution in [0.1, 0.15) is 16.7 Å². The molecule has 0 spiro atoms. The summed E-state index contributed by atoms with van der Waals surface area (Å²) >= 11 is 0. The number of fused-ring (bicyclic) bond motifs is 1. The average Bonchev–Trinajstić information content (AvgIpc) is 3.30. The molecular formula is C25H24FN5O. The zero-order valence-electron chi connectivity index (χ0n) is 18.3. The van der Waals surface area contributed by atoms with Crippen LogP contribution in [0.25, 0.3) is 28.3 Å². The maximum Gasteiger partial charge on any atom is 0.166 e. The number of halogens is 1. The molecule has 0 radical (unpaired) electrons. The lowest BCUT2D eigenvalue weighted by Crippen LogP contribution is -2.27. The van der Waals surface area contributed by atoms with Gasteiger partial charge >= 0.3 is 0 Å². The molecule has 5 rings (SSSR count). The molecule has 32 heavy (non-hydrogen) atoms. The molecule has 0 saturated carbocycles. The van der Waals surface area contributed by atoms with Crippen molar-refractivity contribution in [3.8, 4) is 34.1 Å². The van der Waals surface area contributed by atoms with E-state index in [0.29, 0.717) is 11.4 Å². The first kappa shape index (κ1) is 20.3. The number of likely N-dealkylation sites (N-methyl/N-ethyl adjacent to an activating group) is 1. The van der Waals surface area contributed by atoms with E-state index in [1.54, 1.807) is 30.6 Å². The van der Waals surface area contributed by atoms with Crippen molar-refractivity contribution in [2.75, 3.05) is 20.7 Å². The first-order valence-corrected chi connectivity index (χ1v) is 10.6. The van der Waals surface area contributed by atoms with Gasteiger partial charge in [-0.3, -0.25) is 0 Å². The van der Waals surface area contributed by atoms with Crippen LogP contribution in [0.4, 0.5) is 4.39 Å². The number of nitrogens with zero attached hydrogens (tertiary/aromatic N) is 5. The van der Waals surface area contributed by atoms with Crippen molar-refractivity contribution in [1.82, 2.24) is 24.6 Å². The van der Waals surface area contributed by atoms with Crippen LogP contribution in [-0.2, 0) is 13.0 Å². The van der Waals surface area contributed by atoms with Crippen LogP contribution in [0.5, 0.6) is 5.75 Å². The van der Waals surface area contributed by atoms with E-state index < -0.39 is 5.82 Å². The number of rotatable bonds is 4. The van der Waals surface area contributed by atoms with E-state index >= 15 is 0 Å². The maximum atomic E-state index is 14.5. The first-order chi connectivity index (χ1) is 15.5. The zero-order chi connectivity index (χ0) is 22.2. The largest absolute Gasteiger partial charge is 0.496 e. The molecule has 0 atom stereocenters. The van der Waals surface area contributed by atoms with Gasteiger partial charge < -0.3 is 9.64 Å². The highest BCUT2D eigenvalue weighted by Gasteiger charge is 2.18. The minimum absolute atomic E-state index is 0.250. The Labute approximate surface area is 186 Å². The van der Waals surface area contributed by atoms with Crippen LogP contribution in [0, 0.1) is 12.7 Å². The Hall–Kier alpha value is -3.58. The number of aromatic nitrogens is 4. The van der Waals surface area contributed by atoms with E-state index in [0.717, 1.165) is 30.8 Å². The van der Waals surface area contributed by atoms with Gasteiger partial charge in [0.25, 0.3) is 0 Å². The van der Waals surface area contributed by atoms with Gasteiger partial charge in [0.05, 0.1) is 30.3 Å². The molecule has 6 nitrogen and oxygen atoms in total. The van der Waals surface area contributed by atoms with Gasteiger partial charge in [-0.2, -0.15) is 5.10 Å². The number of benzene rings is 2. The summed E-state index contributed by atoms with van der Waals surface area (Å²) in [7, 11) is 3.66. The SMILES string of the molecule is COc1cccc(F)c1-c1nccc(-c2cnn(-c3cc(C)c4c(c3)CCN(C)C4)c2)n1. The Balaban J connectivity index is 1.50. The number of hydrogen-bond donors (Lipinski definition) is 0. The number of aryl methyl sites for hydroxylation is 1. The number of ether oxygens (including phenoxy) is 1. The van der Waals surface area contributed by atoms with Crippen LogP contribution in [0.2, 0.25) is 0 Å². The molecule has 7 heteroatoms. The fourth-order valence-electron chi connectivity index (χ4n) is 4.24. The number of methoxy groups -OCH3 is 1. The summed E-state index contributed by atoms with van der Waals surface area (Å²) in [5.41, 5.74) is 6.85. The van der Waals surface area contributed by atoms with Crippen LogP contribution in [-0.4, -0.2) is 45.4 Å². The highest BCUT2D eigenvalue weighted by Crippen LogP contribution is 2.31. The highest BCUT2D eigenvalue weighted by atomic mass is 19.1. The molecule has 0 saturated heterocycles. The van der Waals surface area contributed by atoms with E-state index in [1.807, 2.05) is 10.9 Å². The Morgan fingerprint density at radius 2 is 2.03 bits per heavy atom. The van der Waals surface area contributed by atoms with Gasteiger partial charge in [0.15, 0.2) is 5.82 Å². The monoisotopic (exact) mass is 429 g/mol. The maximum absolute atomic E-state index is 14.5. The van der Waals surface area contributed by atoms with Gasteiger partial charge in [-0.1, -0.05) is 6.07 Å². The standard InChI is InChI=1S/C25H24FN5O/c1-16-11-19(12-17-8-10-30(2)15-20(16)17)31-14-18(13-28-31)22-7-9-27-25(29-22)24-21(26)5-4-6-23(24)32-3/h4-7,9,11-14H,8,10,15H2,1-3H3. The highest BCUT2D eigenvalue weighted by molar-refractivity contribution is 5.68. The van der Waals surface area contributed by atoms with Crippen LogP contribution in [0.3, 0.4) is 0 Å². The van der Waals surface area contributed by atoms with E-state index in [4.69, 9.17) is 4.74 Å².